The number of piperidine rings is 1. The van der Waals surface area contributed by atoms with E-state index in [1.165, 1.54) is 0 Å². The fourth-order valence-electron chi connectivity index (χ4n) is 3.69. The van der Waals surface area contributed by atoms with Crippen molar-refractivity contribution in [2.24, 2.45) is 16.6 Å². The standard InChI is InChI=1S/C23H29N5O2/c1-17(30)28-11-8-18(9-12-28)14-26-22(24)27-23(2,16-29)21-7-3-5-19(13-21)20-6-4-10-25-15-20/h3-7,10,13,15-16,18H,8-9,11-12,14H2,1-2H3,(H3,24,26,27). The molecule has 7 nitrogen and oxygen atoms in total. The number of nitrogens with zero attached hydrogens (tertiary/aromatic N) is 3. The highest BCUT2D eigenvalue weighted by Crippen LogP contribution is 2.25. The number of hydrogen-bond donors (Lipinski definition) is 2. The molecule has 2 heterocycles. The third-order valence-electron chi connectivity index (χ3n) is 5.66. The normalized spacial score (nSPS) is 17.3. The first-order valence-electron chi connectivity index (χ1n) is 10.2. The number of amides is 1. The summed E-state index contributed by atoms with van der Waals surface area (Å²) >= 11 is 0. The van der Waals surface area contributed by atoms with Gasteiger partial charge in [0.05, 0.1) is 0 Å². The van der Waals surface area contributed by atoms with Gasteiger partial charge in [-0.15, -0.1) is 0 Å². The van der Waals surface area contributed by atoms with E-state index in [9.17, 15) is 9.59 Å². The van der Waals surface area contributed by atoms with E-state index in [0.717, 1.165) is 48.9 Å². The maximum Gasteiger partial charge on any atom is 0.219 e. The molecule has 0 spiro atoms. The number of pyridine rings is 1. The minimum Gasteiger partial charge on any atom is -0.370 e. The Balaban J connectivity index is 1.67. The summed E-state index contributed by atoms with van der Waals surface area (Å²) in [6.07, 6.45) is 6.19. The van der Waals surface area contributed by atoms with Crippen molar-refractivity contribution in [1.82, 2.24) is 15.2 Å². The molecule has 7 heteroatoms. The molecule has 1 unspecified atom stereocenters. The molecular weight excluding hydrogens is 378 g/mol. The van der Waals surface area contributed by atoms with Crippen LogP contribution in [0.25, 0.3) is 11.1 Å². The molecule has 1 aromatic heterocycles. The molecule has 0 bridgehead atoms. The molecule has 3 rings (SSSR count). The Bertz CT molecular complexity index is 907. The van der Waals surface area contributed by atoms with Crippen molar-refractivity contribution in [2.45, 2.75) is 32.2 Å². The zero-order valence-corrected chi connectivity index (χ0v) is 17.5. The minimum atomic E-state index is -0.996. The lowest BCUT2D eigenvalue weighted by atomic mass is 9.91. The smallest absolute Gasteiger partial charge is 0.219 e. The molecule has 1 saturated heterocycles. The van der Waals surface area contributed by atoms with E-state index in [1.807, 2.05) is 41.3 Å². The van der Waals surface area contributed by atoms with Gasteiger partial charge < -0.3 is 20.7 Å². The molecule has 3 N–H and O–H groups in total. The van der Waals surface area contributed by atoms with Gasteiger partial charge in [-0.25, -0.2) is 0 Å². The van der Waals surface area contributed by atoms with Crippen LogP contribution in [0.1, 0.15) is 32.3 Å². The number of guanidine groups is 1. The van der Waals surface area contributed by atoms with Crippen LogP contribution < -0.4 is 11.1 Å². The summed E-state index contributed by atoms with van der Waals surface area (Å²) in [4.78, 5) is 33.9. The van der Waals surface area contributed by atoms with Crippen LogP contribution in [-0.4, -0.2) is 47.7 Å². The molecule has 0 saturated carbocycles. The lowest BCUT2D eigenvalue weighted by Crippen LogP contribution is -2.48. The van der Waals surface area contributed by atoms with E-state index in [0.29, 0.717) is 12.5 Å². The molecule has 1 atom stereocenters. The van der Waals surface area contributed by atoms with Crippen LogP contribution in [-0.2, 0) is 15.1 Å². The number of rotatable bonds is 6. The van der Waals surface area contributed by atoms with Gasteiger partial charge in [-0.2, -0.15) is 0 Å². The van der Waals surface area contributed by atoms with Crippen molar-refractivity contribution >= 4 is 18.2 Å². The third kappa shape index (κ3) is 5.23. The number of carbonyl (C=O) groups is 2. The van der Waals surface area contributed by atoms with E-state index in [-0.39, 0.29) is 11.9 Å². The van der Waals surface area contributed by atoms with Crippen molar-refractivity contribution in [3.63, 3.8) is 0 Å². The van der Waals surface area contributed by atoms with Crippen LogP contribution in [0.4, 0.5) is 0 Å². The number of hydrogen-bond acceptors (Lipinski definition) is 4. The fraction of sp³-hybridized carbons (Fsp3) is 0.391. The largest absolute Gasteiger partial charge is 0.370 e. The number of aliphatic imine (C=N–C) groups is 1. The quantitative estimate of drug-likeness (QED) is 0.435. The first-order valence-corrected chi connectivity index (χ1v) is 10.2. The highest BCUT2D eigenvalue weighted by Gasteiger charge is 2.27. The summed E-state index contributed by atoms with van der Waals surface area (Å²) in [6, 6.07) is 11.6. The Morgan fingerprint density at radius 1 is 1.30 bits per heavy atom. The predicted octanol–water partition coefficient (Wildman–Crippen LogP) is 2.33. The first-order chi connectivity index (χ1) is 14.4. The van der Waals surface area contributed by atoms with Gasteiger partial charge in [0.15, 0.2) is 5.96 Å². The van der Waals surface area contributed by atoms with Gasteiger partial charge in [-0.1, -0.05) is 24.3 Å². The molecule has 1 aromatic carbocycles. The average Bonchev–Trinajstić information content (AvgIpc) is 2.78. The zero-order chi connectivity index (χ0) is 21.6. The summed E-state index contributed by atoms with van der Waals surface area (Å²) in [5.41, 5.74) is 7.87. The molecule has 1 fully saturated rings. The average molecular weight is 408 g/mol. The Morgan fingerprint density at radius 2 is 2.03 bits per heavy atom. The molecule has 1 amide bonds. The van der Waals surface area contributed by atoms with Crippen molar-refractivity contribution in [3.8, 4) is 11.1 Å². The van der Waals surface area contributed by atoms with Gasteiger partial charge in [0, 0.05) is 39.0 Å². The number of benzene rings is 1. The number of aldehydes is 1. The molecular formula is C23H29N5O2. The number of carbonyl (C=O) groups excluding carboxylic acids is 2. The predicted molar refractivity (Wildman–Crippen MR) is 118 cm³/mol. The Hall–Kier alpha value is -3.22. The topological polar surface area (TPSA) is 101 Å². The Labute approximate surface area is 177 Å². The number of aromatic nitrogens is 1. The second-order valence-electron chi connectivity index (χ2n) is 7.94. The van der Waals surface area contributed by atoms with Crippen LogP contribution >= 0.6 is 0 Å². The van der Waals surface area contributed by atoms with Gasteiger partial charge in [-0.3, -0.25) is 14.8 Å². The van der Waals surface area contributed by atoms with Gasteiger partial charge in [-0.05, 0) is 54.5 Å². The molecule has 1 aliphatic heterocycles. The van der Waals surface area contributed by atoms with Crippen LogP contribution in [0.15, 0.2) is 53.8 Å². The lowest BCUT2D eigenvalue weighted by molar-refractivity contribution is -0.130. The van der Waals surface area contributed by atoms with Crippen molar-refractivity contribution in [2.75, 3.05) is 19.6 Å². The van der Waals surface area contributed by atoms with E-state index < -0.39 is 5.54 Å². The van der Waals surface area contributed by atoms with Gasteiger partial charge in [0.25, 0.3) is 0 Å². The summed E-state index contributed by atoms with van der Waals surface area (Å²) in [6.45, 7) is 5.49. The lowest BCUT2D eigenvalue weighted by Gasteiger charge is -2.31. The van der Waals surface area contributed by atoms with Crippen molar-refractivity contribution in [1.29, 1.82) is 0 Å². The fourth-order valence-corrected chi connectivity index (χ4v) is 3.69. The minimum absolute atomic E-state index is 0.119. The SMILES string of the molecule is CC(=O)N1CCC(CN=C(N)NC(C)(C=O)c2cccc(-c3cccnc3)c2)CC1. The first kappa shape index (κ1) is 21.5. The summed E-state index contributed by atoms with van der Waals surface area (Å²) in [5, 5.41) is 3.08. The van der Waals surface area contributed by atoms with Crippen LogP contribution in [0, 0.1) is 5.92 Å². The Morgan fingerprint density at radius 3 is 2.67 bits per heavy atom. The van der Waals surface area contributed by atoms with Crippen molar-refractivity contribution in [3.05, 3.63) is 54.4 Å². The van der Waals surface area contributed by atoms with Gasteiger partial charge in [0.2, 0.25) is 5.91 Å². The highest BCUT2D eigenvalue weighted by molar-refractivity contribution is 5.84. The Kier molecular flexibility index (Phi) is 6.82. The van der Waals surface area contributed by atoms with E-state index in [4.69, 9.17) is 5.73 Å². The maximum absolute atomic E-state index is 12.0. The molecule has 0 radical (unpaired) electrons. The maximum atomic E-state index is 12.0. The number of nitrogens with one attached hydrogen (secondary N) is 1. The summed E-state index contributed by atoms with van der Waals surface area (Å²) in [5.74, 6) is 0.746. The number of likely N-dealkylation sites (tertiary alicyclic amines) is 1. The monoisotopic (exact) mass is 407 g/mol. The molecule has 158 valence electrons. The number of nitrogens with two attached hydrogens (primary N) is 1. The second kappa shape index (κ2) is 9.52. The van der Waals surface area contributed by atoms with Crippen LogP contribution in [0.2, 0.25) is 0 Å². The van der Waals surface area contributed by atoms with Gasteiger partial charge in [0.1, 0.15) is 11.8 Å². The third-order valence-corrected chi connectivity index (χ3v) is 5.66. The highest BCUT2D eigenvalue weighted by atomic mass is 16.2. The van der Waals surface area contributed by atoms with Gasteiger partial charge >= 0.3 is 0 Å². The summed E-state index contributed by atoms with van der Waals surface area (Å²) in [7, 11) is 0. The summed E-state index contributed by atoms with van der Waals surface area (Å²) < 4.78 is 0. The van der Waals surface area contributed by atoms with E-state index in [1.54, 1.807) is 26.2 Å². The molecule has 30 heavy (non-hydrogen) atoms. The molecule has 1 aliphatic rings. The second-order valence-corrected chi connectivity index (χ2v) is 7.94. The van der Waals surface area contributed by atoms with E-state index >= 15 is 0 Å². The van der Waals surface area contributed by atoms with Crippen LogP contribution in [0.5, 0.6) is 0 Å². The zero-order valence-electron chi connectivity index (χ0n) is 17.5. The molecule has 2 aromatic rings. The van der Waals surface area contributed by atoms with Crippen molar-refractivity contribution < 1.29 is 9.59 Å². The molecule has 0 aliphatic carbocycles. The van der Waals surface area contributed by atoms with Crippen LogP contribution in [0.3, 0.4) is 0 Å². The van der Waals surface area contributed by atoms with E-state index in [2.05, 4.69) is 15.3 Å².